The van der Waals surface area contributed by atoms with E-state index in [2.05, 4.69) is 25.2 Å². The fraction of sp³-hybridized carbons (Fsp3) is 0.611. The number of aliphatic hydroxyl groups excluding tert-OH is 1. The number of aliphatic carboxylic acids is 1. The Morgan fingerprint density at radius 2 is 1.48 bits per heavy atom. The third-order valence-electron chi connectivity index (χ3n) is 3.15. The standard InChI is InChI=1S/C18H30O3/c1-2-3-4-5-6-8-11-14-17(19)15-12-9-7-10-13-16-18(20)21/h3-4,8,11,14,19H,2,5-7,9-10,12-13,15-16H2,1H3,(H,20,21)/b4-3-,11-8+,17-14+. The second kappa shape index (κ2) is 14.9. The molecule has 0 aliphatic carbocycles. The van der Waals surface area contributed by atoms with Gasteiger partial charge in [0.2, 0.25) is 0 Å². The minimum absolute atomic E-state index is 0.267. The largest absolute Gasteiger partial charge is 0.512 e. The molecule has 3 nitrogen and oxygen atoms in total. The smallest absolute Gasteiger partial charge is 0.303 e. The maximum Gasteiger partial charge on any atom is 0.303 e. The van der Waals surface area contributed by atoms with Crippen molar-refractivity contribution < 1.29 is 15.0 Å². The number of carboxylic acids is 1. The van der Waals surface area contributed by atoms with E-state index >= 15 is 0 Å². The molecule has 0 saturated heterocycles. The molecule has 0 unspecified atom stereocenters. The summed E-state index contributed by atoms with van der Waals surface area (Å²) < 4.78 is 0. The summed E-state index contributed by atoms with van der Waals surface area (Å²) in [6.07, 6.45) is 19.0. The average Bonchev–Trinajstić information content (AvgIpc) is 2.45. The van der Waals surface area contributed by atoms with Crippen LogP contribution in [-0.4, -0.2) is 16.2 Å². The SMILES string of the molecule is CC/C=C\CC/C=C/C=C(/O)CCCCCCCC(=O)O. The summed E-state index contributed by atoms with van der Waals surface area (Å²) in [5, 5.41) is 18.2. The van der Waals surface area contributed by atoms with E-state index in [9.17, 15) is 9.90 Å². The summed E-state index contributed by atoms with van der Waals surface area (Å²) in [5.41, 5.74) is 0. The van der Waals surface area contributed by atoms with Crippen LogP contribution in [0.1, 0.15) is 71.1 Å². The van der Waals surface area contributed by atoms with E-state index in [0.29, 0.717) is 12.2 Å². The van der Waals surface area contributed by atoms with Gasteiger partial charge in [-0.05, 0) is 38.2 Å². The van der Waals surface area contributed by atoms with E-state index in [4.69, 9.17) is 5.11 Å². The van der Waals surface area contributed by atoms with Crippen LogP contribution >= 0.6 is 0 Å². The highest BCUT2D eigenvalue weighted by Crippen LogP contribution is 2.10. The molecular formula is C18H30O3. The average molecular weight is 294 g/mol. The zero-order valence-electron chi connectivity index (χ0n) is 13.3. The third-order valence-corrected chi connectivity index (χ3v) is 3.15. The van der Waals surface area contributed by atoms with E-state index in [1.165, 1.54) is 0 Å². The molecule has 0 radical (unpaired) electrons. The molecule has 0 saturated carbocycles. The van der Waals surface area contributed by atoms with E-state index in [1.807, 2.05) is 6.08 Å². The Bertz CT molecular complexity index is 340. The van der Waals surface area contributed by atoms with Gasteiger partial charge in [-0.1, -0.05) is 50.5 Å². The molecule has 0 aliphatic heterocycles. The second-order valence-electron chi connectivity index (χ2n) is 5.20. The molecule has 21 heavy (non-hydrogen) atoms. The van der Waals surface area contributed by atoms with E-state index < -0.39 is 5.97 Å². The molecule has 0 amide bonds. The van der Waals surface area contributed by atoms with Crippen molar-refractivity contribution in [3.63, 3.8) is 0 Å². The minimum atomic E-state index is -0.715. The van der Waals surface area contributed by atoms with E-state index in [1.54, 1.807) is 6.08 Å². The van der Waals surface area contributed by atoms with Crippen molar-refractivity contribution in [1.82, 2.24) is 0 Å². The molecule has 120 valence electrons. The molecule has 0 atom stereocenters. The fourth-order valence-corrected chi connectivity index (χ4v) is 1.95. The molecule has 0 aromatic heterocycles. The van der Waals surface area contributed by atoms with Gasteiger partial charge in [0.1, 0.15) is 0 Å². The van der Waals surface area contributed by atoms with Crippen molar-refractivity contribution in [3.05, 3.63) is 36.1 Å². The van der Waals surface area contributed by atoms with Crippen LogP contribution in [0.25, 0.3) is 0 Å². The molecular weight excluding hydrogens is 264 g/mol. The van der Waals surface area contributed by atoms with Crippen LogP contribution in [-0.2, 0) is 4.79 Å². The van der Waals surface area contributed by atoms with Gasteiger partial charge in [0.15, 0.2) is 0 Å². The predicted octanol–water partition coefficient (Wildman–Crippen LogP) is 5.55. The topological polar surface area (TPSA) is 57.5 Å². The summed E-state index contributed by atoms with van der Waals surface area (Å²) in [6.45, 7) is 2.12. The zero-order valence-corrected chi connectivity index (χ0v) is 13.3. The van der Waals surface area contributed by atoms with Crippen LogP contribution in [0.3, 0.4) is 0 Å². The Balaban J connectivity index is 3.49. The van der Waals surface area contributed by atoms with Gasteiger partial charge in [0.05, 0.1) is 5.76 Å². The van der Waals surface area contributed by atoms with Gasteiger partial charge in [-0.25, -0.2) is 0 Å². The van der Waals surface area contributed by atoms with Gasteiger partial charge >= 0.3 is 5.97 Å². The van der Waals surface area contributed by atoms with Crippen LogP contribution in [0.4, 0.5) is 0 Å². The lowest BCUT2D eigenvalue weighted by molar-refractivity contribution is -0.137. The summed E-state index contributed by atoms with van der Waals surface area (Å²) in [4.78, 5) is 10.3. The summed E-state index contributed by atoms with van der Waals surface area (Å²) in [5.74, 6) is -0.284. The number of carboxylic acid groups (broad SMARTS) is 1. The summed E-state index contributed by atoms with van der Waals surface area (Å²) in [6, 6.07) is 0. The number of hydrogen-bond donors (Lipinski definition) is 2. The van der Waals surface area contributed by atoms with Crippen LogP contribution in [0, 0.1) is 0 Å². The van der Waals surface area contributed by atoms with Gasteiger partial charge in [-0.3, -0.25) is 4.79 Å². The van der Waals surface area contributed by atoms with Crippen molar-refractivity contribution in [1.29, 1.82) is 0 Å². The fourth-order valence-electron chi connectivity index (χ4n) is 1.95. The maximum absolute atomic E-state index is 10.3. The van der Waals surface area contributed by atoms with Crippen LogP contribution in [0.5, 0.6) is 0 Å². The molecule has 0 aromatic carbocycles. The zero-order chi connectivity index (χ0) is 15.8. The first-order valence-electron chi connectivity index (χ1n) is 8.08. The Morgan fingerprint density at radius 1 is 0.857 bits per heavy atom. The lowest BCUT2D eigenvalue weighted by atomic mass is 10.1. The van der Waals surface area contributed by atoms with Crippen molar-refractivity contribution >= 4 is 5.97 Å². The number of aliphatic hydroxyl groups is 1. The third kappa shape index (κ3) is 16.4. The highest BCUT2D eigenvalue weighted by Gasteiger charge is 1.97. The van der Waals surface area contributed by atoms with Crippen molar-refractivity contribution in [3.8, 4) is 0 Å². The molecule has 0 rings (SSSR count). The Morgan fingerprint density at radius 3 is 2.14 bits per heavy atom. The molecule has 0 bridgehead atoms. The molecule has 0 aliphatic rings. The quantitative estimate of drug-likeness (QED) is 0.203. The number of rotatable bonds is 13. The summed E-state index contributed by atoms with van der Waals surface area (Å²) in [7, 11) is 0. The van der Waals surface area contributed by atoms with Gasteiger partial charge in [-0.15, -0.1) is 0 Å². The van der Waals surface area contributed by atoms with Crippen molar-refractivity contribution in [2.45, 2.75) is 71.1 Å². The Labute approximate surface area is 129 Å². The Hall–Kier alpha value is -1.51. The number of allylic oxidation sites excluding steroid dienone is 6. The monoisotopic (exact) mass is 294 g/mol. The molecule has 0 fully saturated rings. The molecule has 0 heterocycles. The molecule has 0 spiro atoms. The van der Waals surface area contributed by atoms with Crippen LogP contribution in [0.2, 0.25) is 0 Å². The van der Waals surface area contributed by atoms with Crippen molar-refractivity contribution in [2.75, 3.05) is 0 Å². The summed E-state index contributed by atoms with van der Waals surface area (Å²) >= 11 is 0. The minimum Gasteiger partial charge on any atom is -0.512 e. The first kappa shape index (κ1) is 19.5. The van der Waals surface area contributed by atoms with Crippen molar-refractivity contribution in [2.24, 2.45) is 0 Å². The van der Waals surface area contributed by atoms with Gasteiger partial charge in [0, 0.05) is 12.8 Å². The van der Waals surface area contributed by atoms with Gasteiger partial charge in [-0.2, -0.15) is 0 Å². The van der Waals surface area contributed by atoms with Crippen LogP contribution < -0.4 is 0 Å². The second-order valence-corrected chi connectivity index (χ2v) is 5.20. The predicted molar refractivity (Wildman–Crippen MR) is 88.5 cm³/mol. The molecule has 0 aromatic rings. The van der Waals surface area contributed by atoms with E-state index in [-0.39, 0.29) is 6.42 Å². The Kier molecular flexibility index (Phi) is 13.8. The molecule has 2 N–H and O–H groups in total. The maximum atomic E-state index is 10.3. The lowest BCUT2D eigenvalue weighted by Crippen LogP contribution is -1.93. The molecule has 3 heteroatoms. The van der Waals surface area contributed by atoms with Gasteiger partial charge < -0.3 is 10.2 Å². The van der Waals surface area contributed by atoms with E-state index in [0.717, 1.165) is 51.4 Å². The highest BCUT2D eigenvalue weighted by molar-refractivity contribution is 5.66. The number of carbonyl (C=O) groups is 1. The number of hydrogen-bond acceptors (Lipinski definition) is 2. The first-order valence-corrected chi connectivity index (χ1v) is 8.08. The lowest BCUT2D eigenvalue weighted by Gasteiger charge is -2.00. The van der Waals surface area contributed by atoms with Gasteiger partial charge in [0.25, 0.3) is 0 Å². The normalized spacial score (nSPS) is 12.5. The first-order chi connectivity index (χ1) is 10.2. The number of unbranched alkanes of at least 4 members (excludes halogenated alkanes) is 5. The van der Waals surface area contributed by atoms with Crippen LogP contribution in [0.15, 0.2) is 36.1 Å². The highest BCUT2D eigenvalue weighted by atomic mass is 16.4.